The number of benzene rings is 1. The molecule has 140 valence electrons. The number of piperazine rings is 1. The number of rotatable bonds is 4. The Morgan fingerprint density at radius 1 is 1.04 bits per heavy atom. The SMILES string of the molecule is COc1ccc(-c2cn3ccc(N4CCNCC4)cc3nc2=O)cc1OC. The van der Waals surface area contributed by atoms with Crippen molar-refractivity contribution in [1.82, 2.24) is 14.7 Å². The van der Waals surface area contributed by atoms with E-state index in [1.165, 1.54) is 0 Å². The molecule has 0 radical (unpaired) electrons. The molecular formula is C20H22N4O3. The first kappa shape index (κ1) is 17.4. The van der Waals surface area contributed by atoms with Gasteiger partial charge in [0.25, 0.3) is 5.56 Å². The normalized spacial score (nSPS) is 14.4. The molecule has 3 aromatic rings. The summed E-state index contributed by atoms with van der Waals surface area (Å²) in [6.45, 7) is 3.82. The lowest BCUT2D eigenvalue weighted by Gasteiger charge is -2.29. The third kappa shape index (κ3) is 3.33. The molecule has 7 heteroatoms. The maximum atomic E-state index is 12.7. The van der Waals surface area contributed by atoms with Crippen LogP contribution in [0.3, 0.4) is 0 Å². The fourth-order valence-electron chi connectivity index (χ4n) is 3.37. The Hall–Kier alpha value is -3.06. The average molecular weight is 366 g/mol. The van der Waals surface area contributed by atoms with Gasteiger partial charge in [0.1, 0.15) is 5.65 Å². The van der Waals surface area contributed by atoms with E-state index in [0.717, 1.165) is 37.4 Å². The number of methoxy groups -OCH3 is 2. The molecular weight excluding hydrogens is 344 g/mol. The molecule has 7 nitrogen and oxygen atoms in total. The van der Waals surface area contributed by atoms with Crippen LogP contribution in [0.4, 0.5) is 5.69 Å². The lowest BCUT2D eigenvalue weighted by Crippen LogP contribution is -2.43. The van der Waals surface area contributed by atoms with Crippen LogP contribution in [0, 0.1) is 0 Å². The highest BCUT2D eigenvalue weighted by atomic mass is 16.5. The number of anilines is 1. The molecule has 0 unspecified atom stereocenters. The van der Waals surface area contributed by atoms with Gasteiger partial charge < -0.3 is 24.1 Å². The molecule has 27 heavy (non-hydrogen) atoms. The number of nitrogens with zero attached hydrogens (tertiary/aromatic N) is 3. The third-order valence-electron chi connectivity index (χ3n) is 4.84. The topological polar surface area (TPSA) is 68.1 Å². The van der Waals surface area contributed by atoms with Crippen molar-refractivity contribution < 1.29 is 9.47 Å². The number of pyridine rings is 1. The van der Waals surface area contributed by atoms with Gasteiger partial charge in [-0.3, -0.25) is 4.79 Å². The predicted octanol–water partition coefficient (Wildman–Crippen LogP) is 1.79. The Bertz CT molecular complexity index is 1030. The molecule has 3 heterocycles. The number of hydrogen-bond acceptors (Lipinski definition) is 6. The molecule has 2 aromatic heterocycles. The van der Waals surface area contributed by atoms with Crippen molar-refractivity contribution in [2.24, 2.45) is 0 Å². The Labute approximate surface area is 157 Å². The van der Waals surface area contributed by atoms with E-state index >= 15 is 0 Å². The number of hydrogen-bond donors (Lipinski definition) is 1. The molecule has 1 saturated heterocycles. The van der Waals surface area contributed by atoms with Crippen molar-refractivity contribution in [2.75, 3.05) is 45.3 Å². The Morgan fingerprint density at radius 3 is 2.56 bits per heavy atom. The van der Waals surface area contributed by atoms with Crippen LogP contribution in [0.2, 0.25) is 0 Å². The monoisotopic (exact) mass is 366 g/mol. The third-order valence-corrected chi connectivity index (χ3v) is 4.84. The molecule has 0 bridgehead atoms. The van der Waals surface area contributed by atoms with Gasteiger partial charge >= 0.3 is 0 Å². The van der Waals surface area contributed by atoms with E-state index in [9.17, 15) is 4.79 Å². The molecule has 1 aliphatic rings. The van der Waals surface area contributed by atoms with E-state index in [4.69, 9.17) is 9.47 Å². The highest BCUT2D eigenvalue weighted by Crippen LogP contribution is 2.31. The van der Waals surface area contributed by atoms with E-state index in [0.29, 0.717) is 22.7 Å². The largest absolute Gasteiger partial charge is 0.493 e. The van der Waals surface area contributed by atoms with Gasteiger partial charge in [0.15, 0.2) is 11.5 Å². The predicted molar refractivity (Wildman–Crippen MR) is 105 cm³/mol. The van der Waals surface area contributed by atoms with Crippen LogP contribution in [-0.4, -0.2) is 49.8 Å². The summed E-state index contributed by atoms with van der Waals surface area (Å²) in [5.74, 6) is 1.20. The Balaban J connectivity index is 1.75. The summed E-state index contributed by atoms with van der Waals surface area (Å²) in [5, 5.41) is 3.34. The van der Waals surface area contributed by atoms with Gasteiger partial charge in [-0.25, -0.2) is 0 Å². The van der Waals surface area contributed by atoms with Crippen LogP contribution >= 0.6 is 0 Å². The average Bonchev–Trinajstić information content (AvgIpc) is 2.73. The zero-order chi connectivity index (χ0) is 18.8. The lowest BCUT2D eigenvalue weighted by atomic mass is 10.1. The van der Waals surface area contributed by atoms with Gasteiger partial charge in [0.2, 0.25) is 0 Å². The molecule has 0 atom stereocenters. The highest BCUT2D eigenvalue weighted by molar-refractivity contribution is 5.67. The number of fused-ring (bicyclic) bond motifs is 1. The second-order valence-corrected chi connectivity index (χ2v) is 6.42. The van der Waals surface area contributed by atoms with Crippen molar-refractivity contribution in [3.63, 3.8) is 0 Å². The lowest BCUT2D eigenvalue weighted by molar-refractivity contribution is 0.355. The minimum atomic E-state index is -0.264. The maximum absolute atomic E-state index is 12.7. The van der Waals surface area contributed by atoms with E-state index in [-0.39, 0.29) is 5.56 Å². The Kier molecular flexibility index (Phi) is 4.68. The zero-order valence-corrected chi connectivity index (χ0v) is 15.4. The van der Waals surface area contributed by atoms with Crippen LogP contribution in [0.5, 0.6) is 11.5 Å². The van der Waals surface area contributed by atoms with Gasteiger partial charge in [-0.05, 0) is 23.8 Å². The summed E-state index contributed by atoms with van der Waals surface area (Å²) in [6, 6.07) is 9.43. The number of ether oxygens (including phenoxy) is 2. The zero-order valence-electron chi connectivity index (χ0n) is 15.4. The minimum Gasteiger partial charge on any atom is -0.493 e. The number of nitrogens with one attached hydrogen (secondary N) is 1. The Morgan fingerprint density at radius 2 is 1.81 bits per heavy atom. The van der Waals surface area contributed by atoms with Crippen LogP contribution in [0.1, 0.15) is 0 Å². The van der Waals surface area contributed by atoms with Gasteiger partial charge in [0.05, 0.1) is 19.8 Å². The van der Waals surface area contributed by atoms with Crippen molar-refractivity contribution in [3.05, 3.63) is 53.1 Å². The smallest absolute Gasteiger partial charge is 0.281 e. The summed E-state index contributed by atoms with van der Waals surface area (Å²) in [4.78, 5) is 19.3. The summed E-state index contributed by atoms with van der Waals surface area (Å²) >= 11 is 0. The summed E-state index contributed by atoms with van der Waals surface area (Å²) in [5.41, 5.74) is 2.72. The molecule has 0 saturated carbocycles. The summed E-state index contributed by atoms with van der Waals surface area (Å²) in [6.07, 6.45) is 3.76. The number of aromatic nitrogens is 2. The van der Waals surface area contributed by atoms with E-state index in [1.807, 2.05) is 28.9 Å². The van der Waals surface area contributed by atoms with Crippen LogP contribution in [-0.2, 0) is 0 Å². The molecule has 4 rings (SSSR count). The molecule has 0 aliphatic carbocycles. The quantitative estimate of drug-likeness (QED) is 0.759. The van der Waals surface area contributed by atoms with E-state index in [1.54, 1.807) is 26.4 Å². The summed E-state index contributed by atoms with van der Waals surface area (Å²) in [7, 11) is 3.16. The van der Waals surface area contributed by atoms with Crippen molar-refractivity contribution in [2.45, 2.75) is 0 Å². The highest BCUT2D eigenvalue weighted by Gasteiger charge is 2.13. The van der Waals surface area contributed by atoms with Crippen molar-refractivity contribution in [3.8, 4) is 22.6 Å². The second-order valence-electron chi connectivity index (χ2n) is 6.42. The second kappa shape index (κ2) is 7.28. The molecule has 1 N–H and O–H groups in total. The first-order valence-electron chi connectivity index (χ1n) is 8.91. The van der Waals surface area contributed by atoms with Crippen molar-refractivity contribution >= 4 is 11.3 Å². The van der Waals surface area contributed by atoms with E-state index in [2.05, 4.69) is 21.3 Å². The van der Waals surface area contributed by atoms with Crippen LogP contribution in [0.15, 0.2) is 47.5 Å². The van der Waals surface area contributed by atoms with Gasteiger partial charge in [-0.15, -0.1) is 0 Å². The molecule has 0 spiro atoms. The fraction of sp³-hybridized carbons (Fsp3) is 0.300. The molecule has 1 aromatic carbocycles. The van der Waals surface area contributed by atoms with Crippen LogP contribution < -0.4 is 25.2 Å². The van der Waals surface area contributed by atoms with Gasteiger partial charge in [0, 0.05) is 50.3 Å². The first-order valence-corrected chi connectivity index (χ1v) is 8.91. The van der Waals surface area contributed by atoms with Gasteiger partial charge in [-0.1, -0.05) is 6.07 Å². The van der Waals surface area contributed by atoms with Crippen LogP contribution in [0.25, 0.3) is 16.8 Å². The van der Waals surface area contributed by atoms with E-state index < -0.39 is 0 Å². The van der Waals surface area contributed by atoms with Crippen molar-refractivity contribution in [1.29, 1.82) is 0 Å². The summed E-state index contributed by atoms with van der Waals surface area (Å²) < 4.78 is 12.5. The minimum absolute atomic E-state index is 0.264. The standard InChI is InChI=1S/C20H22N4O3/c1-26-17-4-3-14(11-18(17)27-2)16-13-24-8-5-15(12-19(24)22-20(16)25)23-9-6-21-7-10-23/h3-5,8,11-13,21H,6-7,9-10H2,1-2H3. The van der Waals surface area contributed by atoms with Gasteiger partial charge in [-0.2, -0.15) is 4.98 Å². The fourth-order valence-corrected chi connectivity index (χ4v) is 3.37. The maximum Gasteiger partial charge on any atom is 0.281 e. The molecule has 0 amide bonds. The molecule has 1 fully saturated rings. The molecule has 1 aliphatic heterocycles. The first-order chi connectivity index (χ1) is 13.2.